The molecule has 1 atom stereocenters. The van der Waals surface area contributed by atoms with Crippen molar-refractivity contribution in [3.05, 3.63) is 0 Å². The maximum Gasteiger partial charge on any atom is 0.317 e. The molecule has 0 aromatic heterocycles. The van der Waals surface area contributed by atoms with Crippen LogP contribution in [0.3, 0.4) is 0 Å². The number of sulfone groups is 1. The quantitative estimate of drug-likeness (QED) is 0.856. The van der Waals surface area contributed by atoms with Gasteiger partial charge in [0.2, 0.25) is 0 Å². The van der Waals surface area contributed by atoms with Gasteiger partial charge in [-0.15, -0.1) is 0 Å². The molecule has 0 unspecified atom stereocenters. The van der Waals surface area contributed by atoms with Gasteiger partial charge < -0.3 is 10.2 Å². The predicted octanol–water partition coefficient (Wildman–Crippen LogP) is 2.81. The highest BCUT2D eigenvalue weighted by molar-refractivity contribution is 7.91. The lowest BCUT2D eigenvalue weighted by atomic mass is 9.71. The summed E-state index contributed by atoms with van der Waals surface area (Å²) in [6.07, 6.45) is 6.95. The molecule has 0 aromatic carbocycles. The molecule has 6 heteroatoms. The molecule has 1 aliphatic carbocycles. The van der Waals surface area contributed by atoms with Gasteiger partial charge in [-0.3, -0.25) is 0 Å². The average Bonchev–Trinajstić information content (AvgIpc) is 2.65. The van der Waals surface area contributed by atoms with Gasteiger partial charge in [0.15, 0.2) is 9.84 Å². The van der Waals surface area contributed by atoms with E-state index in [-0.39, 0.29) is 29.0 Å². The lowest BCUT2D eigenvalue weighted by molar-refractivity contribution is 0.142. The van der Waals surface area contributed by atoms with E-state index in [0.717, 1.165) is 0 Å². The number of nitrogens with zero attached hydrogens (tertiary/aromatic N) is 1. The second kappa shape index (κ2) is 7.41. The minimum atomic E-state index is -3.00. The third-order valence-corrected chi connectivity index (χ3v) is 7.35. The monoisotopic (exact) mass is 344 g/mol. The zero-order valence-electron chi connectivity index (χ0n) is 14.8. The summed E-state index contributed by atoms with van der Waals surface area (Å²) in [6, 6.07) is -0.136. The molecule has 1 saturated heterocycles. The van der Waals surface area contributed by atoms with Crippen LogP contribution in [0, 0.1) is 11.3 Å². The number of carbonyl (C=O) groups excluding carboxylic acids is 1. The minimum Gasteiger partial charge on any atom is -0.337 e. The van der Waals surface area contributed by atoms with Gasteiger partial charge in [-0.25, -0.2) is 13.2 Å². The molecular weight excluding hydrogens is 312 g/mol. The Morgan fingerprint density at radius 3 is 2.43 bits per heavy atom. The Balaban J connectivity index is 1.90. The Morgan fingerprint density at radius 2 is 1.78 bits per heavy atom. The van der Waals surface area contributed by atoms with Crippen molar-refractivity contribution in [1.82, 2.24) is 10.2 Å². The van der Waals surface area contributed by atoms with E-state index >= 15 is 0 Å². The number of amides is 2. The molecule has 0 bridgehead atoms. The summed E-state index contributed by atoms with van der Waals surface area (Å²) in [7, 11) is -3.00. The molecule has 134 valence electrons. The summed E-state index contributed by atoms with van der Waals surface area (Å²) >= 11 is 0. The van der Waals surface area contributed by atoms with Crippen molar-refractivity contribution in [2.45, 2.75) is 65.3 Å². The van der Waals surface area contributed by atoms with Crippen LogP contribution in [0.2, 0.25) is 0 Å². The largest absolute Gasteiger partial charge is 0.337 e. The van der Waals surface area contributed by atoms with E-state index in [1.165, 1.54) is 32.1 Å². The Hall–Kier alpha value is -0.780. The predicted molar refractivity (Wildman–Crippen MR) is 93.2 cm³/mol. The molecule has 0 spiro atoms. The molecule has 2 amide bonds. The third kappa shape index (κ3) is 5.10. The van der Waals surface area contributed by atoms with E-state index in [1.807, 2.05) is 6.92 Å². The molecular formula is C17H32N2O3S. The highest BCUT2D eigenvalue weighted by atomic mass is 32.2. The van der Waals surface area contributed by atoms with E-state index in [4.69, 9.17) is 0 Å². The van der Waals surface area contributed by atoms with Crippen LogP contribution in [-0.4, -0.2) is 50.0 Å². The molecule has 1 saturated carbocycles. The molecule has 1 aliphatic heterocycles. The lowest BCUT2D eigenvalue weighted by Gasteiger charge is -2.38. The van der Waals surface area contributed by atoms with E-state index in [1.54, 1.807) is 4.90 Å². The van der Waals surface area contributed by atoms with Gasteiger partial charge in [0.05, 0.1) is 11.5 Å². The SMILES string of the molecule is C[C@H]1CCS(=O)(=O)CCN1C(=O)NCC(C)(C)C1CCCCC1. The minimum absolute atomic E-state index is 0.0231. The standard InChI is InChI=1S/C17H32N2O3S/c1-14-9-11-23(21,22)12-10-19(14)16(20)18-13-17(2,3)15-7-5-4-6-8-15/h14-15H,4-13H2,1-3H3,(H,18,20)/t14-/m0/s1. The van der Waals surface area contributed by atoms with Gasteiger partial charge >= 0.3 is 6.03 Å². The highest BCUT2D eigenvalue weighted by Crippen LogP contribution is 2.37. The highest BCUT2D eigenvalue weighted by Gasteiger charge is 2.33. The van der Waals surface area contributed by atoms with Crippen LogP contribution < -0.4 is 5.32 Å². The lowest BCUT2D eigenvalue weighted by Crippen LogP contribution is -2.49. The van der Waals surface area contributed by atoms with Gasteiger partial charge in [0.25, 0.3) is 0 Å². The molecule has 0 radical (unpaired) electrons. The van der Waals surface area contributed by atoms with Crippen molar-refractivity contribution in [3.63, 3.8) is 0 Å². The van der Waals surface area contributed by atoms with E-state index < -0.39 is 9.84 Å². The first-order valence-corrected chi connectivity index (χ1v) is 10.8. The van der Waals surface area contributed by atoms with Crippen molar-refractivity contribution >= 4 is 15.9 Å². The maximum absolute atomic E-state index is 12.5. The summed E-state index contributed by atoms with van der Waals surface area (Å²) in [6.45, 7) is 7.37. The van der Waals surface area contributed by atoms with Crippen LogP contribution in [0.1, 0.15) is 59.3 Å². The van der Waals surface area contributed by atoms with Crippen LogP contribution >= 0.6 is 0 Å². The Kier molecular flexibility index (Phi) is 5.98. The fraction of sp³-hybridized carbons (Fsp3) is 0.941. The van der Waals surface area contributed by atoms with Gasteiger partial charge in [-0.1, -0.05) is 33.1 Å². The van der Waals surface area contributed by atoms with E-state index in [9.17, 15) is 13.2 Å². The van der Waals surface area contributed by atoms with Crippen LogP contribution in [0.5, 0.6) is 0 Å². The molecule has 23 heavy (non-hydrogen) atoms. The number of hydrogen-bond acceptors (Lipinski definition) is 3. The molecule has 1 N–H and O–H groups in total. The van der Waals surface area contributed by atoms with Crippen LogP contribution in [0.25, 0.3) is 0 Å². The number of urea groups is 1. The van der Waals surface area contributed by atoms with Crippen molar-refractivity contribution in [2.24, 2.45) is 11.3 Å². The second-order valence-corrected chi connectivity index (χ2v) is 10.3. The number of carbonyl (C=O) groups is 1. The topological polar surface area (TPSA) is 66.5 Å². The smallest absolute Gasteiger partial charge is 0.317 e. The molecule has 2 rings (SSSR count). The van der Waals surface area contributed by atoms with Crippen molar-refractivity contribution in [1.29, 1.82) is 0 Å². The van der Waals surface area contributed by atoms with Crippen LogP contribution in [-0.2, 0) is 9.84 Å². The van der Waals surface area contributed by atoms with Crippen LogP contribution in [0.15, 0.2) is 0 Å². The molecule has 2 aliphatic rings. The fourth-order valence-electron chi connectivity index (χ4n) is 3.80. The third-order valence-electron chi connectivity index (χ3n) is 5.69. The number of nitrogens with one attached hydrogen (secondary N) is 1. The van der Waals surface area contributed by atoms with Crippen LogP contribution in [0.4, 0.5) is 4.79 Å². The Labute approximate surface area is 141 Å². The summed E-state index contributed by atoms with van der Waals surface area (Å²) < 4.78 is 23.5. The molecule has 0 aromatic rings. The summed E-state index contributed by atoms with van der Waals surface area (Å²) in [5.41, 5.74) is 0.0945. The summed E-state index contributed by atoms with van der Waals surface area (Å²) in [5, 5.41) is 3.07. The van der Waals surface area contributed by atoms with Gasteiger partial charge in [0.1, 0.15) is 0 Å². The van der Waals surface area contributed by atoms with E-state index in [0.29, 0.717) is 25.4 Å². The van der Waals surface area contributed by atoms with Crippen molar-refractivity contribution < 1.29 is 13.2 Å². The van der Waals surface area contributed by atoms with Crippen molar-refractivity contribution in [2.75, 3.05) is 24.6 Å². The first-order valence-electron chi connectivity index (χ1n) is 8.96. The first kappa shape index (κ1) is 18.6. The first-order chi connectivity index (χ1) is 10.7. The van der Waals surface area contributed by atoms with E-state index in [2.05, 4.69) is 19.2 Å². The second-order valence-electron chi connectivity index (χ2n) is 7.97. The molecule has 5 nitrogen and oxygen atoms in total. The Morgan fingerprint density at radius 1 is 1.13 bits per heavy atom. The fourth-order valence-corrected chi connectivity index (χ4v) is 5.18. The Bertz CT molecular complexity index is 510. The number of hydrogen-bond donors (Lipinski definition) is 1. The van der Waals surface area contributed by atoms with Crippen molar-refractivity contribution in [3.8, 4) is 0 Å². The molecule has 2 fully saturated rings. The summed E-state index contributed by atoms with van der Waals surface area (Å²) in [5.74, 6) is 0.931. The zero-order chi connectivity index (χ0) is 17.1. The number of rotatable bonds is 3. The van der Waals surface area contributed by atoms with Gasteiger partial charge in [0, 0.05) is 19.1 Å². The molecule has 1 heterocycles. The zero-order valence-corrected chi connectivity index (χ0v) is 15.6. The average molecular weight is 345 g/mol. The van der Waals surface area contributed by atoms with Gasteiger partial charge in [-0.05, 0) is 37.5 Å². The normalized spacial score (nSPS) is 26.6. The van der Waals surface area contributed by atoms with Gasteiger partial charge in [-0.2, -0.15) is 0 Å². The maximum atomic E-state index is 12.5. The summed E-state index contributed by atoms with van der Waals surface area (Å²) in [4.78, 5) is 14.2.